The molecule has 5 N–H and O–H groups in total. The molecule has 7 atom stereocenters. The molecule has 0 bridgehead atoms. The van der Waals surface area contributed by atoms with Crippen LogP contribution in [0.2, 0.25) is 0 Å². The van der Waals surface area contributed by atoms with E-state index in [0.29, 0.717) is 57.1 Å². The first-order valence-corrected chi connectivity index (χ1v) is 14.8. The molecule has 1 aliphatic carbocycles. The van der Waals surface area contributed by atoms with Gasteiger partial charge in [0.15, 0.2) is 0 Å². The van der Waals surface area contributed by atoms with Crippen molar-refractivity contribution >= 4 is 5.91 Å². The van der Waals surface area contributed by atoms with Crippen molar-refractivity contribution in [3.8, 4) is 0 Å². The number of carbonyl (C=O) groups excluding carboxylic acids is 1. The molecule has 1 saturated carbocycles. The van der Waals surface area contributed by atoms with E-state index in [4.69, 9.17) is 14.2 Å². The number of aliphatic hydroxyl groups is 1. The molecule has 1 amide bonds. The molecule has 5 aliphatic rings. The van der Waals surface area contributed by atoms with Crippen LogP contribution in [0.15, 0.2) is 0 Å². The quantitative estimate of drug-likeness (QED) is 0.262. The van der Waals surface area contributed by atoms with Gasteiger partial charge in [0.25, 0.3) is 0 Å². The number of hydrogen-bond donors (Lipinski definition) is 5. The lowest BCUT2D eigenvalue weighted by Crippen LogP contribution is -2.54. The van der Waals surface area contributed by atoms with Gasteiger partial charge < -0.3 is 40.2 Å². The molecule has 0 aromatic carbocycles. The van der Waals surface area contributed by atoms with E-state index in [-0.39, 0.29) is 17.9 Å². The summed E-state index contributed by atoms with van der Waals surface area (Å²) >= 11 is 0. The minimum absolute atomic E-state index is 0.0528. The van der Waals surface area contributed by atoms with E-state index in [9.17, 15) is 9.90 Å². The number of likely N-dealkylation sites (tertiary alicyclic amines) is 1. The maximum Gasteiger partial charge on any atom is 0.224 e. The van der Waals surface area contributed by atoms with Crippen molar-refractivity contribution in [2.45, 2.75) is 75.3 Å². The number of piperidine rings is 2. The van der Waals surface area contributed by atoms with E-state index >= 15 is 0 Å². The fourth-order valence-electron chi connectivity index (χ4n) is 6.96. The molecule has 4 heterocycles. The number of nitrogens with one attached hydrogen (secondary N) is 4. The van der Waals surface area contributed by atoms with Crippen LogP contribution in [0, 0.1) is 17.8 Å². The topological polar surface area (TPSA) is 116 Å². The molecular weight excluding hydrogens is 474 g/mol. The highest BCUT2D eigenvalue weighted by Gasteiger charge is 2.36. The van der Waals surface area contributed by atoms with Gasteiger partial charge in [-0.15, -0.1) is 0 Å². The number of nitrogens with zero attached hydrogens (tertiary/aromatic N) is 1. The monoisotopic (exact) mass is 523 g/mol. The Labute approximate surface area is 221 Å². The lowest BCUT2D eigenvalue weighted by atomic mass is 9.74. The minimum atomic E-state index is -0.534. The van der Waals surface area contributed by atoms with Gasteiger partial charge in [0.1, 0.15) is 0 Å². The lowest BCUT2D eigenvalue weighted by molar-refractivity contribution is -0.126. The van der Waals surface area contributed by atoms with Crippen molar-refractivity contribution in [2.24, 2.45) is 17.8 Å². The summed E-state index contributed by atoms with van der Waals surface area (Å²) in [5.74, 6) is 1.41. The molecule has 4 aliphatic heterocycles. The van der Waals surface area contributed by atoms with Crippen molar-refractivity contribution in [2.75, 3.05) is 72.4 Å². The molecule has 5 rings (SSSR count). The van der Waals surface area contributed by atoms with Crippen LogP contribution in [-0.4, -0.2) is 119 Å². The largest absolute Gasteiger partial charge is 0.390 e. The third kappa shape index (κ3) is 8.32. The molecule has 37 heavy (non-hydrogen) atoms. The zero-order valence-corrected chi connectivity index (χ0v) is 22.4. The van der Waals surface area contributed by atoms with Crippen LogP contribution in [-0.2, 0) is 19.0 Å². The number of amides is 1. The van der Waals surface area contributed by atoms with E-state index in [2.05, 4.69) is 26.2 Å². The van der Waals surface area contributed by atoms with E-state index < -0.39 is 6.10 Å². The van der Waals surface area contributed by atoms with Gasteiger partial charge in [0.05, 0.1) is 37.6 Å². The number of hydrogen-bond acceptors (Lipinski definition) is 9. The van der Waals surface area contributed by atoms with E-state index in [1.165, 1.54) is 12.8 Å². The fourth-order valence-corrected chi connectivity index (χ4v) is 6.96. The molecule has 6 unspecified atom stereocenters. The first-order chi connectivity index (χ1) is 18.1. The Hall–Kier alpha value is -0.850. The zero-order valence-electron chi connectivity index (χ0n) is 22.4. The number of ether oxygens (including phenoxy) is 3. The Morgan fingerprint density at radius 1 is 1.03 bits per heavy atom. The number of carbonyl (C=O) groups is 1. The van der Waals surface area contributed by atoms with Gasteiger partial charge >= 0.3 is 0 Å². The summed E-state index contributed by atoms with van der Waals surface area (Å²) in [6, 6.07) is 0.798. The second-order valence-electron chi connectivity index (χ2n) is 12.0. The first-order valence-electron chi connectivity index (χ1n) is 14.8. The van der Waals surface area contributed by atoms with E-state index in [1.54, 1.807) is 0 Å². The van der Waals surface area contributed by atoms with Crippen molar-refractivity contribution in [3.63, 3.8) is 0 Å². The number of β-amino-alcohol motifs (C(OH)–C–C–N with tert-alkyl or cyclic N) is 1. The maximum absolute atomic E-state index is 12.8. The van der Waals surface area contributed by atoms with Crippen molar-refractivity contribution in [3.05, 3.63) is 0 Å². The third-order valence-electron chi connectivity index (χ3n) is 9.11. The highest BCUT2D eigenvalue weighted by atomic mass is 16.5. The Morgan fingerprint density at radius 2 is 1.92 bits per heavy atom. The average Bonchev–Trinajstić information content (AvgIpc) is 3.45. The van der Waals surface area contributed by atoms with Crippen LogP contribution in [0.5, 0.6) is 0 Å². The number of rotatable bonds is 10. The predicted molar refractivity (Wildman–Crippen MR) is 140 cm³/mol. The maximum atomic E-state index is 12.8. The lowest BCUT2D eigenvalue weighted by Gasteiger charge is -2.44. The average molecular weight is 524 g/mol. The van der Waals surface area contributed by atoms with Crippen molar-refractivity contribution in [1.82, 2.24) is 26.2 Å². The molecule has 0 spiro atoms. The molecular formula is C27H49N5O5. The normalized spacial score (nSPS) is 36.7. The van der Waals surface area contributed by atoms with Crippen LogP contribution >= 0.6 is 0 Å². The Bertz CT molecular complexity index is 705. The smallest absolute Gasteiger partial charge is 0.224 e. The first kappa shape index (κ1) is 27.7. The van der Waals surface area contributed by atoms with Crippen molar-refractivity contribution in [1.29, 1.82) is 0 Å². The number of fused-ring (bicyclic) bond motifs is 1. The highest BCUT2D eigenvalue weighted by Crippen LogP contribution is 2.37. The fraction of sp³-hybridized carbons (Fsp3) is 0.963. The minimum Gasteiger partial charge on any atom is -0.390 e. The second kappa shape index (κ2) is 14.0. The standard InChI is InChI=1S/C27H49N5O5/c33-24(13-30-27(34)21-9-23(12-28-11-21)31-22-4-7-35-8-5-22)16-32-6-3-19-10-25(2-1-20(19)15-32)36-17-26-14-29-18-37-26/h19-26,28-29,31,33H,1-18H2,(H,30,34)/t19?,20?,21?,23?,24-,25?,26?/m0/s1. The van der Waals surface area contributed by atoms with Crippen LogP contribution in [0.25, 0.3) is 0 Å². The van der Waals surface area contributed by atoms with Crippen LogP contribution in [0.3, 0.4) is 0 Å². The summed E-state index contributed by atoms with van der Waals surface area (Å²) in [6.07, 6.45) is 7.58. The second-order valence-corrected chi connectivity index (χ2v) is 12.0. The summed E-state index contributed by atoms with van der Waals surface area (Å²) < 4.78 is 17.2. The van der Waals surface area contributed by atoms with Crippen LogP contribution in [0.1, 0.15) is 44.9 Å². The molecule has 10 heteroatoms. The van der Waals surface area contributed by atoms with Gasteiger partial charge in [-0.2, -0.15) is 0 Å². The number of aliphatic hydroxyl groups excluding tert-OH is 1. The highest BCUT2D eigenvalue weighted by molar-refractivity contribution is 5.79. The van der Waals surface area contributed by atoms with E-state index in [1.807, 2.05) is 0 Å². The predicted octanol–water partition coefficient (Wildman–Crippen LogP) is -0.337. The van der Waals surface area contributed by atoms with Crippen LogP contribution < -0.4 is 21.3 Å². The Kier molecular flexibility index (Phi) is 10.5. The Morgan fingerprint density at radius 3 is 2.76 bits per heavy atom. The molecule has 4 saturated heterocycles. The van der Waals surface area contributed by atoms with E-state index in [0.717, 1.165) is 77.4 Å². The Balaban J connectivity index is 0.965. The summed E-state index contributed by atoms with van der Waals surface area (Å²) in [7, 11) is 0. The van der Waals surface area contributed by atoms with Gasteiger partial charge in [0.2, 0.25) is 5.91 Å². The SMILES string of the molecule is O=C(NC[C@H](O)CN1CCC2CC(OCC3CNCO3)CCC2C1)C1CNCC(NC2CCOCC2)C1. The molecule has 0 aromatic rings. The van der Waals surface area contributed by atoms with Gasteiger partial charge in [-0.3, -0.25) is 10.1 Å². The molecule has 0 aromatic heterocycles. The summed E-state index contributed by atoms with van der Waals surface area (Å²) in [5, 5.41) is 24.1. The van der Waals surface area contributed by atoms with Gasteiger partial charge in [-0.05, 0) is 63.3 Å². The summed E-state index contributed by atoms with van der Waals surface area (Å²) in [4.78, 5) is 15.2. The summed E-state index contributed by atoms with van der Waals surface area (Å²) in [5.41, 5.74) is 0. The molecule has 5 fully saturated rings. The summed E-state index contributed by atoms with van der Waals surface area (Å²) in [6.45, 7) is 8.50. The van der Waals surface area contributed by atoms with Crippen LogP contribution in [0.4, 0.5) is 0 Å². The van der Waals surface area contributed by atoms with Crippen molar-refractivity contribution < 1.29 is 24.1 Å². The van der Waals surface area contributed by atoms with Gasteiger partial charge in [-0.1, -0.05) is 0 Å². The molecule has 212 valence electrons. The zero-order chi connectivity index (χ0) is 25.5. The van der Waals surface area contributed by atoms with Gasteiger partial charge in [0, 0.05) is 64.6 Å². The third-order valence-corrected chi connectivity index (χ3v) is 9.11. The van der Waals surface area contributed by atoms with Gasteiger partial charge in [-0.25, -0.2) is 0 Å². The molecule has 10 nitrogen and oxygen atoms in total. The molecule has 0 radical (unpaired) electrons.